The van der Waals surface area contributed by atoms with Gasteiger partial charge in [0, 0.05) is 5.69 Å². The van der Waals surface area contributed by atoms with E-state index in [9.17, 15) is 14.9 Å². The van der Waals surface area contributed by atoms with Crippen LogP contribution < -0.4 is 20.2 Å². The van der Waals surface area contributed by atoms with Crippen molar-refractivity contribution in [3.63, 3.8) is 0 Å². The van der Waals surface area contributed by atoms with E-state index in [-0.39, 0.29) is 30.5 Å². The minimum atomic E-state index is -0.551. The Balaban J connectivity index is 1.62. The largest absolute Gasteiger partial charge is 0.454 e. The Bertz CT molecular complexity index is 881. The van der Waals surface area contributed by atoms with Crippen LogP contribution in [0.1, 0.15) is 11.1 Å². The van der Waals surface area contributed by atoms with E-state index in [0.717, 1.165) is 11.3 Å². The van der Waals surface area contributed by atoms with Crippen LogP contribution in [0.5, 0.6) is 11.5 Å². The second kappa shape index (κ2) is 7.51. The number of benzene rings is 2. The van der Waals surface area contributed by atoms with Crippen LogP contribution in [0.2, 0.25) is 0 Å². The van der Waals surface area contributed by atoms with Gasteiger partial charge in [-0.25, -0.2) is 5.43 Å². The molecule has 1 amide bonds. The van der Waals surface area contributed by atoms with E-state index < -0.39 is 4.92 Å². The van der Waals surface area contributed by atoms with Gasteiger partial charge in [-0.1, -0.05) is 18.2 Å². The van der Waals surface area contributed by atoms with Gasteiger partial charge in [0.05, 0.1) is 29.3 Å². The van der Waals surface area contributed by atoms with Crippen molar-refractivity contribution in [3.05, 3.63) is 57.6 Å². The number of ether oxygens (including phenoxy) is 2. The summed E-state index contributed by atoms with van der Waals surface area (Å²) in [5.74, 6) is 0.317. The molecule has 0 bridgehead atoms. The second-order valence-electron chi connectivity index (χ2n) is 5.48. The number of nitrogens with zero attached hydrogens (tertiary/aromatic N) is 2. The molecule has 1 heterocycles. The monoisotopic (exact) mass is 356 g/mol. The molecule has 0 radical (unpaired) electrons. The van der Waals surface area contributed by atoms with Crippen molar-refractivity contribution in [2.24, 2.45) is 5.10 Å². The minimum absolute atomic E-state index is 0.00833. The lowest BCUT2D eigenvalue weighted by molar-refractivity contribution is -0.385. The normalized spacial score (nSPS) is 12.2. The molecule has 0 aliphatic carbocycles. The zero-order valence-corrected chi connectivity index (χ0v) is 13.9. The van der Waals surface area contributed by atoms with Gasteiger partial charge in [0.2, 0.25) is 6.79 Å². The summed E-state index contributed by atoms with van der Waals surface area (Å²) in [4.78, 5) is 22.5. The molecule has 2 aromatic carbocycles. The summed E-state index contributed by atoms with van der Waals surface area (Å²) >= 11 is 0. The Hall–Kier alpha value is -3.62. The average Bonchev–Trinajstić information content (AvgIpc) is 3.07. The second-order valence-corrected chi connectivity index (χ2v) is 5.48. The number of rotatable bonds is 6. The van der Waals surface area contributed by atoms with Crippen LogP contribution in [0.3, 0.4) is 0 Å². The average molecular weight is 356 g/mol. The zero-order chi connectivity index (χ0) is 18.5. The molecule has 9 nitrogen and oxygen atoms in total. The van der Waals surface area contributed by atoms with Crippen LogP contribution >= 0.6 is 0 Å². The lowest BCUT2D eigenvalue weighted by atomic mass is 10.1. The van der Waals surface area contributed by atoms with E-state index in [2.05, 4.69) is 15.8 Å². The first kappa shape index (κ1) is 17.2. The molecule has 9 heteroatoms. The number of hydrogen-bond donors (Lipinski definition) is 2. The first-order chi connectivity index (χ1) is 12.5. The third kappa shape index (κ3) is 3.89. The summed E-state index contributed by atoms with van der Waals surface area (Å²) in [7, 11) is 0. The van der Waals surface area contributed by atoms with Crippen LogP contribution in [0.4, 0.5) is 11.4 Å². The summed E-state index contributed by atoms with van der Waals surface area (Å²) in [6, 6.07) is 10.3. The van der Waals surface area contributed by atoms with Crippen molar-refractivity contribution in [1.82, 2.24) is 5.43 Å². The maximum absolute atomic E-state index is 11.9. The Morgan fingerprint density at radius 3 is 2.77 bits per heavy atom. The van der Waals surface area contributed by atoms with E-state index in [1.807, 2.05) is 31.2 Å². The predicted octanol–water partition coefficient (Wildman–Crippen LogP) is 2.19. The fraction of sp³-hybridized carbons (Fsp3) is 0.176. The van der Waals surface area contributed by atoms with Crippen LogP contribution in [0, 0.1) is 17.0 Å². The Labute approximate surface area is 148 Å². The van der Waals surface area contributed by atoms with Crippen molar-refractivity contribution in [1.29, 1.82) is 0 Å². The highest BCUT2D eigenvalue weighted by molar-refractivity contribution is 5.88. The number of amides is 1. The maximum Gasteiger partial charge on any atom is 0.282 e. The third-order valence-corrected chi connectivity index (χ3v) is 3.70. The number of nitrogens with one attached hydrogen (secondary N) is 2. The summed E-state index contributed by atoms with van der Waals surface area (Å²) in [5.41, 5.74) is 4.20. The number of fused-ring (bicyclic) bond motifs is 1. The molecule has 2 aromatic rings. The summed E-state index contributed by atoms with van der Waals surface area (Å²) in [6.45, 7) is 1.96. The number of nitro groups is 1. The van der Waals surface area contributed by atoms with Crippen LogP contribution in [-0.4, -0.2) is 30.4 Å². The topological polar surface area (TPSA) is 115 Å². The van der Waals surface area contributed by atoms with Crippen molar-refractivity contribution in [2.45, 2.75) is 6.92 Å². The van der Waals surface area contributed by atoms with E-state index in [1.165, 1.54) is 18.3 Å². The Morgan fingerprint density at radius 1 is 1.31 bits per heavy atom. The summed E-state index contributed by atoms with van der Waals surface area (Å²) in [5, 5.41) is 17.9. The molecule has 0 atom stereocenters. The van der Waals surface area contributed by atoms with Crippen molar-refractivity contribution >= 4 is 23.5 Å². The summed E-state index contributed by atoms with van der Waals surface area (Å²) < 4.78 is 10.3. The molecule has 0 saturated carbocycles. The number of anilines is 1. The van der Waals surface area contributed by atoms with Crippen LogP contribution in [0.25, 0.3) is 0 Å². The fourth-order valence-corrected chi connectivity index (χ4v) is 2.37. The van der Waals surface area contributed by atoms with Gasteiger partial charge in [-0.3, -0.25) is 14.9 Å². The Kier molecular flexibility index (Phi) is 4.97. The van der Waals surface area contributed by atoms with Gasteiger partial charge in [-0.05, 0) is 24.6 Å². The van der Waals surface area contributed by atoms with Gasteiger partial charge in [-0.2, -0.15) is 5.10 Å². The molecule has 1 aliphatic rings. The number of hydrogen-bond acceptors (Lipinski definition) is 7. The van der Waals surface area contributed by atoms with Gasteiger partial charge >= 0.3 is 0 Å². The number of nitro benzene ring substituents is 1. The molecule has 2 N–H and O–H groups in total. The van der Waals surface area contributed by atoms with E-state index in [4.69, 9.17) is 9.47 Å². The highest BCUT2D eigenvalue weighted by Gasteiger charge is 2.22. The lowest BCUT2D eigenvalue weighted by Gasteiger charge is -2.07. The number of hydrazone groups is 1. The number of aryl methyl sites for hydroxylation is 1. The SMILES string of the molecule is Cc1ccccc1NCC(=O)N/N=C\c1cc2c(cc1[N+](=O)[O-])OCO2. The standard InChI is InChI=1S/C17H16N4O5/c1-11-4-2-3-5-13(11)18-9-17(22)20-19-8-12-6-15-16(26-10-25-15)7-14(12)21(23)24/h2-8,18H,9-10H2,1H3,(H,20,22)/b19-8-. The smallest absolute Gasteiger partial charge is 0.282 e. The first-order valence-electron chi connectivity index (χ1n) is 7.74. The molecule has 1 aliphatic heterocycles. The number of para-hydroxylation sites is 1. The molecule has 0 unspecified atom stereocenters. The van der Waals surface area contributed by atoms with Crippen molar-refractivity contribution in [2.75, 3.05) is 18.7 Å². The van der Waals surface area contributed by atoms with Gasteiger partial charge in [0.1, 0.15) is 0 Å². The molecule has 0 aromatic heterocycles. The van der Waals surface area contributed by atoms with Gasteiger partial charge < -0.3 is 14.8 Å². The number of carbonyl (C=O) groups is 1. The van der Waals surface area contributed by atoms with E-state index in [0.29, 0.717) is 11.5 Å². The molecule has 0 saturated heterocycles. The number of carbonyl (C=O) groups excluding carboxylic acids is 1. The highest BCUT2D eigenvalue weighted by atomic mass is 16.7. The quantitative estimate of drug-likeness (QED) is 0.466. The molecular weight excluding hydrogens is 340 g/mol. The van der Waals surface area contributed by atoms with Crippen molar-refractivity contribution in [3.8, 4) is 11.5 Å². The van der Waals surface area contributed by atoms with Gasteiger partial charge in [0.15, 0.2) is 11.5 Å². The molecule has 3 rings (SSSR count). The predicted molar refractivity (Wildman–Crippen MR) is 94.6 cm³/mol. The van der Waals surface area contributed by atoms with Crippen LogP contribution in [-0.2, 0) is 4.79 Å². The molecule has 26 heavy (non-hydrogen) atoms. The highest BCUT2D eigenvalue weighted by Crippen LogP contribution is 2.37. The Morgan fingerprint density at radius 2 is 2.04 bits per heavy atom. The fourth-order valence-electron chi connectivity index (χ4n) is 2.37. The maximum atomic E-state index is 11.9. The van der Waals surface area contributed by atoms with Crippen LogP contribution in [0.15, 0.2) is 41.5 Å². The van der Waals surface area contributed by atoms with Gasteiger partial charge in [-0.15, -0.1) is 0 Å². The summed E-state index contributed by atoms with van der Waals surface area (Å²) in [6.07, 6.45) is 1.20. The van der Waals surface area contributed by atoms with Gasteiger partial charge in [0.25, 0.3) is 11.6 Å². The minimum Gasteiger partial charge on any atom is -0.454 e. The van der Waals surface area contributed by atoms with E-state index >= 15 is 0 Å². The molecule has 134 valence electrons. The molecular formula is C17H16N4O5. The zero-order valence-electron chi connectivity index (χ0n) is 13.9. The third-order valence-electron chi connectivity index (χ3n) is 3.70. The van der Waals surface area contributed by atoms with E-state index in [1.54, 1.807) is 0 Å². The van der Waals surface area contributed by atoms with Crippen molar-refractivity contribution < 1.29 is 19.2 Å². The first-order valence-corrected chi connectivity index (χ1v) is 7.74. The molecule has 0 fully saturated rings. The lowest BCUT2D eigenvalue weighted by Crippen LogP contribution is -2.26. The molecule has 0 spiro atoms.